The molecule has 2 nitrogen and oxygen atoms in total. The highest BCUT2D eigenvalue weighted by molar-refractivity contribution is 7.71. The molecule has 2 rings (SSSR count). The highest BCUT2D eigenvalue weighted by Crippen LogP contribution is 2.26. The second-order valence-electron chi connectivity index (χ2n) is 2.93. The Morgan fingerprint density at radius 2 is 2.13 bits per heavy atom. The molecule has 0 radical (unpaired) electrons. The van der Waals surface area contributed by atoms with Gasteiger partial charge in [0.15, 0.2) is 0 Å². The van der Waals surface area contributed by atoms with Gasteiger partial charge in [-0.1, -0.05) is 23.8 Å². The molecule has 0 amide bonds. The zero-order valence-electron chi connectivity index (χ0n) is 7.50. The summed E-state index contributed by atoms with van der Waals surface area (Å²) < 4.78 is 13.3. The summed E-state index contributed by atoms with van der Waals surface area (Å²) in [4.78, 5) is 6.87. The molecule has 2 aromatic rings. The molecule has 0 aliphatic carbocycles. The van der Waals surface area contributed by atoms with Crippen molar-refractivity contribution in [2.75, 3.05) is 0 Å². The first-order chi connectivity index (χ1) is 7.16. The topological polar surface area (TPSA) is 28.7 Å². The first kappa shape index (κ1) is 10.3. The van der Waals surface area contributed by atoms with Crippen molar-refractivity contribution in [3.63, 3.8) is 0 Å². The molecular weight excluding hydrogens is 235 g/mol. The molecule has 0 saturated carbocycles. The van der Waals surface area contributed by atoms with Crippen molar-refractivity contribution in [3.05, 3.63) is 46.1 Å². The number of H-pyrrole nitrogens is 1. The summed E-state index contributed by atoms with van der Waals surface area (Å²) >= 11 is 10.8. The Labute approximate surface area is 95.8 Å². The van der Waals surface area contributed by atoms with Crippen LogP contribution in [0.25, 0.3) is 11.3 Å². The molecule has 5 heteroatoms. The Morgan fingerprint density at radius 3 is 2.80 bits per heavy atom. The second kappa shape index (κ2) is 4.08. The van der Waals surface area contributed by atoms with Crippen molar-refractivity contribution in [1.29, 1.82) is 0 Å². The zero-order chi connectivity index (χ0) is 10.8. The van der Waals surface area contributed by atoms with Crippen LogP contribution >= 0.6 is 23.8 Å². The number of rotatable bonds is 1. The van der Waals surface area contributed by atoms with Gasteiger partial charge in [0.1, 0.15) is 10.5 Å². The van der Waals surface area contributed by atoms with Gasteiger partial charge in [-0.3, -0.25) is 4.98 Å². The minimum absolute atomic E-state index is 0.327. The highest BCUT2D eigenvalue weighted by atomic mass is 35.5. The van der Waals surface area contributed by atoms with E-state index in [-0.39, 0.29) is 5.82 Å². The van der Waals surface area contributed by atoms with Crippen molar-refractivity contribution < 1.29 is 4.39 Å². The van der Waals surface area contributed by atoms with E-state index in [2.05, 4.69) is 9.97 Å². The third-order valence-corrected chi connectivity index (χ3v) is 2.39. The molecule has 0 fully saturated rings. The van der Waals surface area contributed by atoms with Crippen molar-refractivity contribution in [2.45, 2.75) is 0 Å². The van der Waals surface area contributed by atoms with Crippen molar-refractivity contribution in [3.8, 4) is 11.3 Å². The lowest BCUT2D eigenvalue weighted by Gasteiger charge is -2.03. The van der Waals surface area contributed by atoms with E-state index in [0.717, 1.165) is 0 Å². The molecule has 0 bridgehead atoms. The zero-order valence-corrected chi connectivity index (χ0v) is 9.07. The molecule has 1 heterocycles. The number of halogens is 2. The SMILES string of the molecule is Fc1ccc(-c2cncc(=S)[nH]2)c(Cl)c1. The van der Waals surface area contributed by atoms with E-state index < -0.39 is 0 Å². The van der Waals surface area contributed by atoms with Gasteiger partial charge >= 0.3 is 0 Å². The summed E-state index contributed by atoms with van der Waals surface area (Å²) in [5, 5.41) is 0.327. The number of aromatic nitrogens is 2. The van der Waals surface area contributed by atoms with Crippen LogP contribution in [0.5, 0.6) is 0 Å². The summed E-state index contributed by atoms with van der Waals surface area (Å²) in [6.07, 6.45) is 3.12. The molecule has 0 aliphatic rings. The summed E-state index contributed by atoms with van der Waals surface area (Å²) in [6.45, 7) is 0. The number of hydrogen-bond acceptors (Lipinski definition) is 2. The van der Waals surface area contributed by atoms with Crippen LogP contribution in [0.3, 0.4) is 0 Å². The van der Waals surface area contributed by atoms with Crippen LogP contribution in [-0.4, -0.2) is 9.97 Å². The van der Waals surface area contributed by atoms with Crippen molar-refractivity contribution in [2.24, 2.45) is 0 Å². The van der Waals surface area contributed by atoms with Crippen LogP contribution in [0.1, 0.15) is 0 Å². The van der Waals surface area contributed by atoms with E-state index in [1.807, 2.05) is 0 Å². The highest BCUT2D eigenvalue weighted by Gasteiger charge is 2.04. The molecule has 0 atom stereocenters. The number of benzene rings is 1. The van der Waals surface area contributed by atoms with E-state index in [4.69, 9.17) is 23.8 Å². The Bertz CT molecular complexity index is 553. The van der Waals surface area contributed by atoms with Crippen LogP contribution in [0.2, 0.25) is 5.02 Å². The van der Waals surface area contributed by atoms with Crippen LogP contribution in [0, 0.1) is 10.5 Å². The van der Waals surface area contributed by atoms with E-state index in [1.54, 1.807) is 12.3 Å². The summed E-state index contributed by atoms with van der Waals surface area (Å²) in [5.41, 5.74) is 1.35. The van der Waals surface area contributed by atoms with E-state index in [9.17, 15) is 4.39 Å². The number of aromatic amines is 1. The second-order valence-corrected chi connectivity index (χ2v) is 3.78. The van der Waals surface area contributed by atoms with E-state index >= 15 is 0 Å². The quantitative estimate of drug-likeness (QED) is 0.772. The lowest BCUT2D eigenvalue weighted by Crippen LogP contribution is -1.87. The minimum atomic E-state index is -0.369. The van der Waals surface area contributed by atoms with Gasteiger partial charge in [0.2, 0.25) is 0 Å². The lowest BCUT2D eigenvalue weighted by molar-refractivity contribution is 0.628. The fourth-order valence-corrected chi connectivity index (χ4v) is 1.66. The largest absolute Gasteiger partial charge is 0.344 e. The molecule has 0 aliphatic heterocycles. The Kier molecular flexibility index (Phi) is 2.79. The lowest BCUT2D eigenvalue weighted by atomic mass is 10.1. The number of nitrogens with one attached hydrogen (secondary N) is 1. The molecule has 1 N–H and O–H groups in total. The number of nitrogens with zero attached hydrogens (tertiary/aromatic N) is 1. The van der Waals surface area contributed by atoms with Gasteiger partial charge in [-0.25, -0.2) is 4.39 Å². The minimum Gasteiger partial charge on any atom is -0.344 e. The van der Waals surface area contributed by atoms with E-state index in [1.165, 1.54) is 18.3 Å². The third-order valence-electron chi connectivity index (χ3n) is 1.87. The number of hydrogen-bond donors (Lipinski definition) is 1. The maximum atomic E-state index is 12.8. The van der Waals surface area contributed by atoms with Gasteiger partial charge in [-0.2, -0.15) is 0 Å². The maximum Gasteiger partial charge on any atom is 0.124 e. The normalized spacial score (nSPS) is 10.3. The third kappa shape index (κ3) is 2.22. The fourth-order valence-electron chi connectivity index (χ4n) is 1.22. The fraction of sp³-hybridized carbons (Fsp3) is 0. The van der Waals surface area contributed by atoms with Crippen LogP contribution in [0.4, 0.5) is 4.39 Å². The Morgan fingerprint density at radius 1 is 1.33 bits per heavy atom. The molecule has 76 valence electrons. The van der Waals surface area contributed by atoms with Gasteiger partial charge in [0.05, 0.1) is 23.1 Å². The smallest absolute Gasteiger partial charge is 0.124 e. The average Bonchev–Trinajstić information content (AvgIpc) is 2.17. The van der Waals surface area contributed by atoms with Crippen molar-refractivity contribution >= 4 is 23.8 Å². The van der Waals surface area contributed by atoms with Gasteiger partial charge in [0.25, 0.3) is 0 Å². The van der Waals surface area contributed by atoms with Crippen LogP contribution < -0.4 is 0 Å². The molecule has 0 saturated heterocycles. The van der Waals surface area contributed by atoms with Crippen LogP contribution in [-0.2, 0) is 0 Å². The predicted octanol–water partition coefficient (Wildman–Crippen LogP) is 3.60. The maximum absolute atomic E-state index is 12.8. The Hall–Kier alpha value is -1.26. The predicted molar refractivity (Wildman–Crippen MR) is 59.8 cm³/mol. The molecule has 0 spiro atoms. The monoisotopic (exact) mass is 240 g/mol. The average molecular weight is 241 g/mol. The van der Waals surface area contributed by atoms with E-state index in [0.29, 0.717) is 20.9 Å². The molecule has 0 unspecified atom stereocenters. The van der Waals surface area contributed by atoms with Crippen LogP contribution in [0.15, 0.2) is 30.6 Å². The molecule has 1 aromatic heterocycles. The summed E-state index contributed by atoms with van der Waals surface area (Å²) in [5.74, 6) is -0.369. The van der Waals surface area contributed by atoms with Gasteiger partial charge in [-0.15, -0.1) is 0 Å². The molecular formula is C10H6ClFN2S. The summed E-state index contributed by atoms with van der Waals surface area (Å²) in [7, 11) is 0. The standard InChI is InChI=1S/C10H6ClFN2S/c11-8-3-6(12)1-2-7(8)9-4-13-5-10(15)14-9/h1-5H,(H,14,15). The first-order valence-corrected chi connectivity index (χ1v) is 4.95. The molecule has 1 aromatic carbocycles. The summed E-state index contributed by atoms with van der Waals surface area (Å²) in [6, 6.07) is 4.17. The molecule has 15 heavy (non-hydrogen) atoms. The van der Waals surface area contributed by atoms with Gasteiger partial charge < -0.3 is 4.98 Å². The van der Waals surface area contributed by atoms with Gasteiger partial charge in [-0.05, 0) is 18.2 Å². The van der Waals surface area contributed by atoms with Gasteiger partial charge in [0, 0.05) is 5.56 Å². The Balaban J connectivity index is 2.59. The van der Waals surface area contributed by atoms with Crippen molar-refractivity contribution in [1.82, 2.24) is 9.97 Å². The first-order valence-electron chi connectivity index (χ1n) is 4.16.